The van der Waals surface area contributed by atoms with E-state index in [1.54, 1.807) is 0 Å². The molecule has 0 spiro atoms. The summed E-state index contributed by atoms with van der Waals surface area (Å²) in [6, 6.07) is 1.28. The topological polar surface area (TPSA) is 0 Å². The van der Waals surface area contributed by atoms with E-state index in [9.17, 15) is 0 Å². The first-order valence-corrected chi connectivity index (χ1v) is 10.7. The lowest BCUT2D eigenvalue weighted by atomic mass is 10.1. The van der Waals surface area contributed by atoms with Crippen LogP contribution in [0.25, 0.3) is 0 Å². The fourth-order valence-corrected chi connectivity index (χ4v) is 3.24. The standard InChI is InChI=1S/C10H22BrClSi/c1-13(2,12)10-8-6-4-3-5-7-9-11/h3-10H2,1-2H3. The second kappa shape index (κ2) is 8.31. The highest BCUT2D eigenvalue weighted by Gasteiger charge is 2.15. The molecule has 0 aliphatic rings. The summed E-state index contributed by atoms with van der Waals surface area (Å²) in [6.07, 6.45) is 8.23. The van der Waals surface area contributed by atoms with Gasteiger partial charge in [-0.05, 0) is 12.5 Å². The number of alkyl halides is 1. The average Bonchev–Trinajstić information content (AvgIpc) is 2.01. The molecule has 0 aromatic rings. The zero-order valence-corrected chi connectivity index (χ0v) is 12.3. The molecule has 0 atom stereocenters. The van der Waals surface area contributed by atoms with Crippen LogP contribution in [0.4, 0.5) is 0 Å². The Balaban J connectivity index is 3.00. The minimum absolute atomic E-state index is 1.16. The molecule has 0 N–H and O–H groups in total. The van der Waals surface area contributed by atoms with E-state index in [1.165, 1.54) is 44.6 Å². The van der Waals surface area contributed by atoms with Crippen LogP contribution in [0, 0.1) is 0 Å². The molecule has 0 saturated heterocycles. The maximum atomic E-state index is 6.23. The van der Waals surface area contributed by atoms with E-state index in [2.05, 4.69) is 29.0 Å². The van der Waals surface area contributed by atoms with Crippen LogP contribution >= 0.6 is 27.0 Å². The fourth-order valence-electron chi connectivity index (χ4n) is 1.35. The van der Waals surface area contributed by atoms with Crippen molar-refractivity contribution in [1.82, 2.24) is 0 Å². The monoisotopic (exact) mass is 284 g/mol. The second-order valence-corrected chi connectivity index (χ2v) is 12.1. The molecule has 0 aliphatic carbocycles. The zero-order valence-electron chi connectivity index (χ0n) is 8.91. The van der Waals surface area contributed by atoms with Crippen molar-refractivity contribution in [3.05, 3.63) is 0 Å². The van der Waals surface area contributed by atoms with Gasteiger partial charge in [-0.1, -0.05) is 61.1 Å². The summed E-state index contributed by atoms with van der Waals surface area (Å²) < 4.78 is 0. The molecule has 0 aliphatic heterocycles. The van der Waals surface area contributed by atoms with E-state index < -0.39 is 7.38 Å². The van der Waals surface area contributed by atoms with Gasteiger partial charge in [-0.15, -0.1) is 0 Å². The van der Waals surface area contributed by atoms with E-state index in [-0.39, 0.29) is 0 Å². The van der Waals surface area contributed by atoms with Gasteiger partial charge in [0.15, 0.2) is 0 Å². The van der Waals surface area contributed by atoms with Crippen molar-refractivity contribution in [1.29, 1.82) is 0 Å². The van der Waals surface area contributed by atoms with Crippen molar-refractivity contribution in [2.45, 2.75) is 57.7 Å². The predicted octanol–water partition coefficient (Wildman–Crippen LogP) is 5.17. The lowest BCUT2D eigenvalue weighted by Gasteiger charge is -2.11. The summed E-state index contributed by atoms with van der Waals surface area (Å²) in [5, 5.41) is 1.16. The second-order valence-electron chi connectivity index (χ2n) is 4.28. The number of hydrogen-bond acceptors (Lipinski definition) is 0. The molecular weight excluding hydrogens is 264 g/mol. The highest BCUT2D eigenvalue weighted by molar-refractivity contribution is 9.09. The molecular formula is C10H22BrClSi. The van der Waals surface area contributed by atoms with E-state index in [4.69, 9.17) is 11.1 Å². The summed E-state index contributed by atoms with van der Waals surface area (Å²) in [7, 11) is -1.27. The van der Waals surface area contributed by atoms with Crippen LogP contribution in [0.5, 0.6) is 0 Å². The van der Waals surface area contributed by atoms with Crippen LogP contribution in [0.3, 0.4) is 0 Å². The molecule has 80 valence electrons. The minimum atomic E-state index is -1.27. The Morgan fingerprint density at radius 2 is 1.38 bits per heavy atom. The Labute approximate surface area is 97.3 Å². The predicted molar refractivity (Wildman–Crippen MR) is 69.6 cm³/mol. The van der Waals surface area contributed by atoms with Crippen molar-refractivity contribution >= 4 is 34.4 Å². The van der Waals surface area contributed by atoms with Gasteiger partial charge in [-0.3, -0.25) is 0 Å². The van der Waals surface area contributed by atoms with Gasteiger partial charge in [-0.25, -0.2) is 0 Å². The van der Waals surface area contributed by atoms with E-state index >= 15 is 0 Å². The molecule has 0 aromatic carbocycles. The first kappa shape index (κ1) is 14.0. The molecule has 0 amide bonds. The molecule has 0 rings (SSSR count). The zero-order chi connectivity index (χ0) is 10.2. The third-order valence-corrected chi connectivity index (χ3v) is 4.83. The SMILES string of the molecule is C[Si](C)(Cl)CCCCCCCCBr. The van der Waals surface area contributed by atoms with Crippen molar-refractivity contribution in [3.8, 4) is 0 Å². The van der Waals surface area contributed by atoms with Gasteiger partial charge in [0.2, 0.25) is 0 Å². The third kappa shape index (κ3) is 13.0. The summed E-state index contributed by atoms with van der Waals surface area (Å²) in [5.41, 5.74) is 0. The largest absolute Gasteiger partial charge is 0.168 e. The Bertz CT molecular complexity index is 112. The highest BCUT2D eigenvalue weighted by atomic mass is 79.9. The molecule has 13 heavy (non-hydrogen) atoms. The van der Waals surface area contributed by atoms with Crippen molar-refractivity contribution < 1.29 is 0 Å². The third-order valence-electron chi connectivity index (χ3n) is 2.15. The first-order valence-electron chi connectivity index (χ1n) is 5.31. The summed E-state index contributed by atoms with van der Waals surface area (Å²) in [5.74, 6) is 0. The van der Waals surface area contributed by atoms with Gasteiger partial charge in [0.1, 0.15) is 7.38 Å². The fraction of sp³-hybridized carbons (Fsp3) is 1.00. The molecule has 0 saturated carbocycles. The number of unbranched alkanes of at least 4 members (excludes halogenated alkanes) is 5. The molecule has 0 nitrogen and oxygen atoms in total. The van der Waals surface area contributed by atoms with Gasteiger partial charge in [0.05, 0.1) is 0 Å². The Morgan fingerprint density at radius 3 is 1.85 bits per heavy atom. The molecule has 0 unspecified atom stereocenters. The first-order chi connectivity index (χ1) is 6.06. The molecule has 0 aromatic heterocycles. The van der Waals surface area contributed by atoms with Gasteiger partial charge in [-0.2, -0.15) is 11.1 Å². The van der Waals surface area contributed by atoms with E-state index in [0.717, 1.165) is 5.33 Å². The van der Waals surface area contributed by atoms with E-state index in [0.29, 0.717) is 0 Å². The van der Waals surface area contributed by atoms with Gasteiger partial charge >= 0.3 is 0 Å². The van der Waals surface area contributed by atoms with Crippen LogP contribution < -0.4 is 0 Å². The number of halogens is 2. The van der Waals surface area contributed by atoms with Gasteiger partial charge < -0.3 is 0 Å². The van der Waals surface area contributed by atoms with Crippen molar-refractivity contribution in [2.24, 2.45) is 0 Å². The lowest BCUT2D eigenvalue weighted by molar-refractivity contribution is 0.626. The molecule has 0 fully saturated rings. The van der Waals surface area contributed by atoms with Crippen LogP contribution in [0.2, 0.25) is 19.1 Å². The van der Waals surface area contributed by atoms with Crippen LogP contribution in [0.15, 0.2) is 0 Å². The highest BCUT2D eigenvalue weighted by Crippen LogP contribution is 2.19. The van der Waals surface area contributed by atoms with Gasteiger partial charge in [0, 0.05) is 5.33 Å². The maximum Gasteiger partial charge on any atom is 0.150 e. The molecule has 0 bridgehead atoms. The number of hydrogen-bond donors (Lipinski definition) is 0. The van der Waals surface area contributed by atoms with Crippen LogP contribution in [-0.2, 0) is 0 Å². The van der Waals surface area contributed by atoms with Gasteiger partial charge in [0.25, 0.3) is 0 Å². The van der Waals surface area contributed by atoms with E-state index in [1.807, 2.05) is 0 Å². The number of rotatable bonds is 8. The molecule has 0 radical (unpaired) electrons. The lowest BCUT2D eigenvalue weighted by Crippen LogP contribution is -2.14. The normalized spacial score (nSPS) is 12.0. The Morgan fingerprint density at radius 1 is 0.923 bits per heavy atom. The Hall–Kier alpha value is 0.987. The summed E-state index contributed by atoms with van der Waals surface area (Å²) in [6.45, 7) is 4.47. The summed E-state index contributed by atoms with van der Waals surface area (Å²) in [4.78, 5) is 0. The molecule has 0 heterocycles. The maximum absolute atomic E-state index is 6.23. The Kier molecular flexibility index (Phi) is 8.94. The van der Waals surface area contributed by atoms with Crippen LogP contribution in [-0.4, -0.2) is 12.7 Å². The quantitative estimate of drug-likeness (QED) is 0.250. The van der Waals surface area contributed by atoms with Crippen LogP contribution in [0.1, 0.15) is 38.5 Å². The smallest absolute Gasteiger partial charge is 0.150 e. The van der Waals surface area contributed by atoms with Crippen molar-refractivity contribution in [2.75, 3.05) is 5.33 Å². The summed E-state index contributed by atoms with van der Waals surface area (Å²) >= 11 is 9.67. The van der Waals surface area contributed by atoms with Crippen molar-refractivity contribution in [3.63, 3.8) is 0 Å². The molecule has 3 heteroatoms. The minimum Gasteiger partial charge on any atom is -0.168 e. The average molecular weight is 286 g/mol.